The third-order valence-electron chi connectivity index (χ3n) is 12.4. The Morgan fingerprint density at radius 1 is 0.691 bits per heavy atom. The highest BCUT2D eigenvalue weighted by Crippen LogP contribution is 2.63. The fourth-order valence-electron chi connectivity index (χ4n) is 8.52. The van der Waals surface area contributed by atoms with Crippen LogP contribution in [-0.4, -0.2) is 67.6 Å². The molecule has 0 saturated carbocycles. The van der Waals surface area contributed by atoms with E-state index in [4.69, 9.17) is 18.9 Å². The molecule has 0 N–H and O–H groups in total. The molecule has 6 atom stereocenters. The summed E-state index contributed by atoms with van der Waals surface area (Å²) in [6, 6.07) is 0. The number of alkyl halides is 12. The minimum atomic E-state index is -5.91. The summed E-state index contributed by atoms with van der Waals surface area (Å²) in [5, 5.41) is 0. The predicted octanol–water partition coefficient (Wildman–Crippen LogP) is 13.6. The molecule has 2 fully saturated rings. The largest absolute Gasteiger partial charge is 0.426 e. The highest BCUT2D eigenvalue weighted by atomic mass is 19.4. The first-order chi connectivity index (χ1) is 24.4. The van der Waals surface area contributed by atoms with E-state index in [1.165, 1.54) is 6.92 Å². The van der Waals surface area contributed by atoms with Crippen LogP contribution in [0.15, 0.2) is 13.2 Å². The van der Waals surface area contributed by atoms with E-state index in [9.17, 15) is 52.7 Å². The van der Waals surface area contributed by atoms with Crippen LogP contribution in [0.5, 0.6) is 0 Å². The monoisotopic (exact) mass is 824 g/mol. The van der Waals surface area contributed by atoms with Crippen molar-refractivity contribution in [3.63, 3.8) is 0 Å². The van der Waals surface area contributed by atoms with Gasteiger partial charge >= 0.3 is 24.7 Å². The van der Waals surface area contributed by atoms with Gasteiger partial charge < -0.3 is 18.9 Å². The fraction of sp³-hybridized carbons (Fsp3) is 0.949. The average molecular weight is 825 g/mol. The summed E-state index contributed by atoms with van der Waals surface area (Å²) in [7, 11) is 0. The van der Waals surface area contributed by atoms with Crippen LogP contribution in [0.4, 0.5) is 52.7 Å². The standard InChI is InChI=1S/C37H60F12O4.C2H4/c1-23(33(36(44,45)46,37(47,48)49)53-26-17-13-14-19-50-26)20-51-24(2)30(11,28(6,7)8)22-29(9,10)31(12,21-27(3,4)5)25-16-15-18-32(52-25,34(38,39)40)35(41,42)43;1-2/h23-26H,13-22H2,1-12H3;1-2H2. The smallest absolute Gasteiger partial charge is 0.378 e. The Kier molecular flexibility index (Phi) is 16.1. The summed E-state index contributed by atoms with van der Waals surface area (Å²) >= 11 is 0. The number of halogens is 12. The Morgan fingerprint density at radius 3 is 1.56 bits per heavy atom. The van der Waals surface area contributed by atoms with E-state index in [-0.39, 0.29) is 32.3 Å². The minimum absolute atomic E-state index is 0.0343. The maximum absolute atomic E-state index is 14.6. The van der Waals surface area contributed by atoms with E-state index in [1.807, 2.05) is 0 Å². The van der Waals surface area contributed by atoms with Gasteiger partial charge in [-0.1, -0.05) is 76.2 Å². The minimum Gasteiger partial charge on any atom is -0.378 e. The molecule has 0 aromatic rings. The lowest BCUT2D eigenvalue weighted by molar-refractivity contribution is -0.427. The predicted molar refractivity (Wildman–Crippen MR) is 187 cm³/mol. The third-order valence-corrected chi connectivity index (χ3v) is 12.4. The van der Waals surface area contributed by atoms with Crippen molar-refractivity contribution in [2.45, 2.75) is 189 Å². The van der Waals surface area contributed by atoms with E-state index < -0.39 is 107 Å². The lowest BCUT2D eigenvalue weighted by atomic mass is 9.49. The van der Waals surface area contributed by atoms with Gasteiger partial charge in [-0.05, 0) is 85.4 Å². The summed E-state index contributed by atoms with van der Waals surface area (Å²) < 4.78 is 195. The molecule has 0 amide bonds. The normalized spacial score (nSPS) is 24.5. The second-order valence-corrected chi connectivity index (χ2v) is 18.7. The maximum Gasteiger partial charge on any atom is 0.426 e. The van der Waals surface area contributed by atoms with Crippen LogP contribution >= 0.6 is 0 Å². The molecular weight excluding hydrogens is 760 g/mol. The lowest BCUT2D eigenvalue weighted by Gasteiger charge is -2.59. The first kappa shape index (κ1) is 51.8. The third kappa shape index (κ3) is 10.7. The summed E-state index contributed by atoms with van der Waals surface area (Å²) in [6.45, 7) is 24.6. The zero-order valence-electron chi connectivity index (χ0n) is 34.5. The van der Waals surface area contributed by atoms with Crippen molar-refractivity contribution in [1.29, 1.82) is 0 Å². The Morgan fingerprint density at radius 2 is 1.18 bits per heavy atom. The van der Waals surface area contributed by atoms with Gasteiger partial charge in [0.25, 0.3) is 11.2 Å². The Labute approximate surface area is 319 Å². The Hall–Kier alpha value is -1.26. The van der Waals surface area contributed by atoms with Gasteiger partial charge in [0.15, 0.2) is 6.29 Å². The quantitative estimate of drug-likeness (QED) is 0.145. The molecule has 0 bridgehead atoms. The molecule has 55 heavy (non-hydrogen) atoms. The molecule has 2 aliphatic rings. The van der Waals surface area contributed by atoms with Gasteiger partial charge in [-0.15, -0.1) is 13.2 Å². The molecule has 2 rings (SSSR count). The second kappa shape index (κ2) is 17.1. The summed E-state index contributed by atoms with van der Waals surface area (Å²) in [5.74, 6) is -2.31. The van der Waals surface area contributed by atoms with Crippen LogP contribution in [0, 0.1) is 33.0 Å². The van der Waals surface area contributed by atoms with Crippen molar-refractivity contribution < 1.29 is 71.6 Å². The molecule has 4 nitrogen and oxygen atoms in total. The van der Waals surface area contributed by atoms with Gasteiger partial charge in [-0.2, -0.15) is 52.7 Å². The van der Waals surface area contributed by atoms with Crippen molar-refractivity contribution in [3.05, 3.63) is 13.2 Å². The lowest BCUT2D eigenvalue weighted by Crippen LogP contribution is -2.65. The zero-order valence-corrected chi connectivity index (χ0v) is 34.5. The molecule has 0 aromatic carbocycles. The zero-order chi connectivity index (χ0) is 43.7. The van der Waals surface area contributed by atoms with Crippen molar-refractivity contribution in [3.8, 4) is 0 Å². The first-order valence-electron chi connectivity index (χ1n) is 18.7. The van der Waals surface area contributed by atoms with Gasteiger partial charge in [0.1, 0.15) is 0 Å². The molecule has 0 spiro atoms. The van der Waals surface area contributed by atoms with Crippen molar-refractivity contribution in [1.82, 2.24) is 0 Å². The molecule has 2 heterocycles. The van der Waals surface area contributed by atoms with Gasteiger partial charge in [0.2, 0.25) is 0 Å². The molecular formula is C39H64F12O4. The Balaban J connectivity index is 0.00000743. The van der Waals surface area contributed by atoms with Gasteiger partial charge in [0, 0.05) is 12.5 Å². The van der Waals surface area contributed by atoms with E-state index in [1.54, 1.807) is 69.2 Å². The topological polar surface area (TPSA) is 36.9 Å². The van der Waals surface area contributed by atoms with Crippen molar-refractivity contribution in [2.75, 3.05) is 13.2 Å². The fourth-order valence-corrected chi connectivity index (χ4v) is 8.52. The highest BCUT2D eigenvalue weighted by Gasteiger charge is 2.76. The van der Waals surface area contributed by atoms with Crippen LogP contribution in [0.1, 0.15) is 134 Å². The van der Waals surface area contributed by atoms with E-state index in [2.05, 4.69) is 13.2 Å². The molecule has 6 unspecified atom stereocenters. The molecule has 2 saturated heterocycles. The molecule has 2 aliphatic heterocycles. The number of rotatable bonds is 12. The summed E-state index contributed by atoms with van der Waals surface area (Å²) in [4.78, 5) is 0. The maximum atomic E-state index is 14.6. The van der Waals surface area contributed by atoms with E-state index in [0.717, 1.165) is 6.92 Å². The summed E-state index contributed by atoms with van der Waals surface area (Å²) in [6.07, 6.45) is -28.7. The number of hydrogen-bond acceptors (Lipinski definition) is 4. The average Bonchev–Trinajstić information content (AvgIpc) is 2.99. The van der Waals surface area contributed by atoms with Crippen LogP contribution in [0.2, 0.25) is 0 Å². The van der Waals surface area contributed by atoms with E-state index >= 15 is 0 Å². The van der Waals surface area contributed by atoms with Gasteiger partial charge in [-0.3, -0.25) is 0 Å². The molecule has 16 heteroatoms. The Bertz CT molecular complexity index is 1180. The SMILES string of the molecule is C=C.CC(OCC(C)C(OC1CCCCO1)(C(F)(F)F)C(F)(F)F)C(C)(CC(C)(C)C(C)(CC(C)(C)C)C1CCCC(C(F)(F)F)(C(F)(F)F)O1)C(C)(C)C. The van der Waals surface area contributed by atoms with Crippen molar-refractivity contribution >= 4 is 0 Å². The van der Waals surface area contributed by atoms with Crippen LogP contribution in [0.25, 0.3) is 0 Å². The second-order valence-electron chi connectivity index (χ2n) is 18.7. The van der Waals surface area contributed by atoms with Crippen LogP contribution in [-0.2, 0) is 18.9 Å². The molecule has 328 valence electrons. The first-order valence-corrected chi connectivity index (χ1v) is 18.7. The van der Waals surface area contributed by atoms with E-state index in [0.29, 0.717) is 12.8 Å². The van der Waals surface area contributed by atoms with Gasteiger partial charge in [0.05, 0.1) is 18.8 Å². The number of ether oxygens (including phenoxy) is 4. The molecule has 0 aliphatic carbocycles. The van der Waals surface area contributed by atoms with Crippen LogP contribution in [0.3, 0.4) is 0 Å². The van der Waals surface area contributed by atoms with Gasteiger partial charge in [-0.25, -0.2) is 0 Å². The van der Waals surface area contributed by atoms with Crippen molar-refractivity contribution in [2.24, 2.45) is 33.0 Å². The molecule has 0 radical (unpaired) electrons. The number of hydrogen-bond donors (Lipinski definition) is 0. The summed E-state index contributed by atoms with van der Waals surface area (Å²) in [5.41, 5.74) is -14.1. The highest BCUT2D eigenvalue weighted by molar-refractivity contribution is 5.08. The van der Waals surface area contributed by atoms with Crippen LogP contribution < -0.4 is 0 Å². The molecule has 0 aromatic heterocycles.